The van der Waals surface area contributed by atoms with Gasteiger partial charge in [-0.15, -0.1) is 0 Å². The number of carbonyl (C=O) groups is 2. The molecule has 3 aromatic rings. The van der Waals surface area contributed by atoms with Gasteiger partial charge in [0, 0.05) is 16.8 Å². The molecule has 0 bridgehead atoms. The van der Waals surface area contributed by atoms with E-state index in [1.807, 2.05) is 19.1 Å². The second-order valence-corrected chi connectivity index (χ2v) is 7.35. The first-order chi connectivity index (χ1) is 16.4. The number of nitrogens with zero attached hydrogens (tertiary/aromatic N) is 1. The fraction of sp³-hybridized carbons (Fsp3) is 0.192. The third-order valence-electron chi connectivity index (χ3n) is 5.10. The van der Waals surface area contributed by atoms with Gasteiger partial charge in [-0.25, -0.2) is 9.82 Å². The Kier molecular flexibility index (Phi) is 8.34. The van der Waals surface area contributed by atoms with Crippen LogP contribution >= 0.6 is 0 Å². The van der Waals surface area contributed by atoms with Crippen molar-refractivity contribution in [1.82, 2.24) is 5.43 Å². The average Bonchev–Trinajstić information content (AvgIpc) is 2.86. The Hall–Kier alpha value is -4.20. The number of benzene rings is 3. The van der Waals surface area contributed by atoms with Crippen LogP contribution in [0.4, 0.5) is 10.1 Å². The summed E-state index contributed by atoms with van der Waals surface area (Å²) in [7, 11) is 1.49. The van der Waals surface area contributed by atoms with Crippen LogP contribution in [0.5, 0.6) is 11.5 Å². The number of anilines is 1. The van der Waals surface area contributed by atoms with E-state index >= 15 is 0 Å². The van der Waals surface area contributed by atoms with Crippen molar-refractivity contribution in [3.8, 4) is 11.5 Å². The average molecular weight is 464 g/mol. The van der Waals surface area contributed by atoms with E-state index in [0.29, 0.717) is 34.0 Å². The summed E-state index contributed by atoms with van der Waals surface area (Å²) in [6, 6.07) is 18.7. The van der Waals surface area contributed by atoms with Gasteiger partial charge >= 0.3 is 11.8 Å². The zero-order chi connectivity index (χ0) is 24.5. The number of hydrogen-bond donors (Lipinski definition) is 2. The lowest BCUT2D eigenvalue weighted by molar-refractivity contribution is -0.136. The molecule has 0 aliphatic rings. The van der Waals surface area contributed by atoms with Crippen LogP contribution in [0, 0.1) is 5.82 Å². The van der Waals surface area contributed by atoms with E-state index in [4.69, 9.17) is 9.47 Å². The summed E-state index contributed by atoms with van der Waals surface area (Å²) in [6.45, 7) is 3.68. The van der Waals surface area contributed by atoms with E-state index in [0.717, 1.165) is 12.0 Å². The van der Waals surface area contributed by atoms with Crippen molar-refractivity contribution in [2.24, 2.45) is 5.10 Å². The van der Waals surface area contributed by atoms with Gasteiger partial charge in [-0.1, -0.05) is 43.3 Å². The van der Waals surface area contributed by atoms with E-state index < -0.39 is 11.8 Å². The highest BCUT2D eigenvalue weighted by Gasteiger charge is 2.15. The van der Waals surface area contributed by atoms with Gasteiger partial charge in [0.05, 0.1) is 12.8 Å². The van der Waals surface area contributed by atoms with Crippen LogP contribution in [0.3, 0.4) is 0 Å². The van der Waals surface area contributed by atoms with Crippen LogP contribution in [-0.2, 0) is 22.6 Å². The number of nitrogens with one attached hydrogen (secondary N) is 2. The third kappa shape index (κ3) is 6.19. The fourth-order valence-corrected chi connectivity index (χ4v) is 3.16. The number of methoxy groups -OCH3 is 1. The smallest absolute Gasteiger partial charge is 0.329 e. The van der Waals surface area contributed by atoms with Gasteiger partial charge < -0.3 is 14.8 Å². The molecule has 176 valence electrons. The second-order valence-electron chi connectivity index (χ2n) is 7.35. The molecule has 8 heteroatoms. The molecule has 0 saturated heterocycles. The minimum Gasteiger partial charge on any atom is -0.493 e. The molecule has 3 rings (SSSR count). The van der Waals surface area contributed by atoms with Crippen LogP contribution in [0.1, 0.15) is 30.5 Å². The molecule has 2 amide bonds. The maximum absolute atomic E-state index is 13.8. The molecule has 0 unspecified atom stereocenters. The molecule has 3 aromatic carbocycles. The van der Waals surface area contributed by atoms with E-state index in [2.05, 4.69) is 15.8 Å². The van der Waals surface area contributed by atoms with Crippen LogP contribution in [0.25, 0.3) is 0 Å². The first-order valence-corrected chi connectivity index (χ1v) is 10.7. The summed E-state index contributed by atoms with van der Waals surface area (Å²) >= 11 is 0. The van der Waals surface area contributed by atoms with E-state index in [-0.39, 0.29) is 12.4 Å². The maximum Gasteiger partial charge on any atom is 0.329 e. The number of rotatable bonds is 8. The molecule has 0 radical (unpaired) electrons. The summed E-state index contributed by atoms with van der Waals surface area (Å²) in [5.74, 6) is -1.20. The zero-order valence-electron chi connectivity index (χ0n) is 19.2. The van der Waals surface area contributed by atoms with Crippen molar-refractivity contribution >= 4 is 23.2 Å². The van der Waals surface area contributed by atoms with Crippen molar-refractivity contribution in [3.05, 3.63) is 89.2 Å². The van der Waals surface area contributed by atoms with Gasteiger partial charge in [0.2, 0.25) is 0 Å². The van der Waals surface area contributed by atoms with Crippen LogP contribution in [0.15, 0.2) is 71.8 Å². The Balaban J connectivity index is 1.64. The predicted molar refractivity (Wildman–Crippen MR) is 129 cm³/mol. The minimum atomic E-state index is -0.887. The third-order valence-corrected chi connectivity index (χ3v) is 5.10. The van der Waals surface area contributed by atoms with Gasteiger partial charge in [-0.05, 0) is 49.2 Å². The molecule has 0 heterocycles. The highest BCUT2D eigenvalue weighted by atomic mass is 19.1. The summed E-state index contributed by atoms with van der Waals surface area (Å²) in [5.41, 5.74) is 5.30. The highest BCUT2D eigenvalue weighted by Crippen LogP contribution is 2.29. The SMILES string of the molecule is CCc1ccccc1NC(=O)C(=O)NN=C(C)c1ccc(OCc2ccccc2F)c(OC)c1. The van der Waals surface area contributed by atoms with Crippen LogP contribution in [-0.4, -0.2) is 24.6 Å². The van der Waals surface area contributed by atoms with E-state index in [1.165, 1.54) is 13.2 Å². The number of para-hydroxylation sites is 1. The Labute approximate surface area is 197 Å². The number of carbonyl (C=O) groups excluding carboxylic acids is 2. The second kappa shape index (κ2) is 11.6. The molecule has 0 atom stereocenters. The topological polar surface area (TPSA) is 89.0 Å². The van der Waals surface area contributed by atoms with Crippen molar-refractivity contribution in [1.29, 1.82) is 0 Å². The van der Waals surface area contributed by atoms with Crippen molar-refractivity contribution < 1.29 is 23.5 Å². The number of hydrogen-bond acceptors (Lipinski definition) is 5. The van der Waals surface area contributed by atoms with Crippen LogP contribution < -0.4 is 20.2 Å². The summed E-state index contributed by atoms with van der Waals surface area (Å²) < 4.78 is 24.9. The lowest BCUT2D eigenvalue weighted by Crippen LogP contribution is -2.33. The molecular weight excluding hydrogens is 437 g/mol. The maximum atomic E-state index is 13.8. The van der Waals surface area contributed by atoms with E-state index in [9.17, 15) is 14.0 Å². The molecule has 0 fully saturated rings. The van der Waals surface area contributed by atoms with Gasteiger partial charge in [0.15, 0.2) is 11.5 Å². The molecule has 0 spiro atoms. The normalized spacial score (nSPS) is 11.0. The molecule has 0 saturated carbocycles. The van der Waals surface area contributed by atoms with Gasteiger partial charge in [0.25, 0.3) is 0 Å². The number of halogens is 1. The summed E-state index contributed by atoms with van der Waals surface area (Å²) in [4.78, 5) is 24.4. The van der Waals surface area contributed by atoms with Gasteiger partial charge in [-0.3, -0.25) is 9.59 Å². The van der Waals surface area contributed by atoms with E-state index in [1.54, 1.807) is 55.5 Å². The Morgan fingerprint density at radius 3 is 2.35 bits per heavy atom. The fourth-order valence-electron chi connectivity index (χ4n) is 3.16. The molecule has 34 heavy (non-hydrogen) atoms. The van der Waals surface area contributed by atoms with Crippen molar-refractivity contribution in [2.75, 3.05) is 12.4 Å². The minimum absolute atomic E-state index is 0.0434. The number of ether oxygens (including phenoxy) is 2. The first kappa shape index (κ1) is 24.4. The molecule has 0 aliphatic heterocycles. The number of amides is 2. The molecule has 0 aromatic heterocycles. The molecule has 7 nitrogen and oxygen atoms in total. The lowest BCUT2D eigenvalue weighted by atomic mass is 10.1. The monoisotopic (exact) mass is 463 g/mol. The summed E-state index contributed by atoms with van der Waals surface area (Å²) in [6.07, 6.45) is 0.719. The first-order valence-electron chi connectivity index (χ1n) is 10.7. The molecule has 2 N–H and O–H groups in total. The van der Waals surface area contributed by atoms with Crippen molar-refractivity contribution in [3.63, 3.8) is 0 Å². The molecule has 0 aliphatic carbocycles. The Bertz CT molecular complexity index is 1210. The largest absolute Gasteiger partial charge is 0.493 e. The molecular formula is C26H26FN3O4. The number of hydrazone groups is 1. The summed E-state index contributed by atoms with van der Waals surface area (Å²) in [5, 5.41) is 6.62. The Morgan fingerprint density at radius 2 is 1.65 bits per heavy atom. The predicted octanol–water partition coefficient (Wildman–Crippen LogP) is 4.45. The standard InChI is InChI=1S/C26H26FN3O4/c1-4-18-9-6-8-12-22(18)28-25(31)26(32)30-29-17(2)19-13-14-23(24(15-19)33-3)34-16-20-10-5-7-11-21(20)27/h5-15H,4,16H2,1-3H3,(H,28,31)(H,30,32). The quantitative estimate of drug-likeness (QED) is 0.293. The Morgan fingerprint density at radius 1 is 0.941 bits per heavy atom. The zero-order valence-corrected chi connectivity index (χ0v) is 19.2. The van der Waals surface area contributed by atoms with Gasteiger partial charge in [-0.2, -0.15) is 5.10 Å². The van der Waals surface area contributed by atoms with Crippen LogP contribution in [0.2, 0.25) is 0 Å². The lowest BCUT2D eigenvalue weighted by Gasteiger charge is -2.13. The highest BCUT2D eigenvalue weighted by molar-refractivity contribution is 6.39. The number of aryl methyl sites for hydroxylation is 1. The van der Waals surface area contributed by atoms with Gasteiger partial charge in [0.1, 0.15) is 12.4 Å². The van der Waals surface area contributed by atoms with Crippen molar-refractivity contribution in [2.45, 2.75) is 26.9 Å².